The lowest BCUT2D eigenvalue weighted by molar-refractivity contribution is 0.107. The van der Waals surface area contributed by atoms with Crippen molar-refractivity contribution < 1.29 is 14.2 Å². The van der Waals surface area contributed by atoms with Crippen LogP contribution in [0.1, 0.15) is 50.2 Å². The molecule has 43 heavy (non-hydrogen) atoms. The van der Waals surface area contributed by atoms with Crippen molar-refractivity contribution in [3.05, 3.63) is 53.6 Å². The Bertz CT molecular complexity index is 1710. The van der Waals surface area contributed by atoms with Crippen LogP contribution in [-0.2, 0) is 6.42 Å². The highest BCUT2D eigenvalue weighted by molar-refractivity contribution is 6.04. The number of ether oxygens (including phenoxy) is 1. The molecule has 7 nitrogen and oxygen atoms in total. The van der Waals surface area contributed by atoms with Crippen molar-refractivity contribution in [2.75, 3.05) is 37.7 Å². The molecule has 1 aromatic heterocycles. The number of phenols is 1. The van der Waals surface area contributed by atoms with E-state index in [1.807, 2.05) is 12.1 Å². The molecule has 5 heterocycles. The Labute approximate surface area is 252 Å². The van der Waals surface area contributed by atoms with Gasteiger partial charge in [-0.1, -0.05) is 31.2 Å². The quantitative estimate of drug-likeness (QED) is 0.293. The van der Waals surface area contributed by atoms with Gasteiger partial charge >= 0.3 is 6.01 Å². The van der Waals surface area contributed by atoms with Crippen LogP contribution < -0.4 is 15.0 Å². The molecule has 4 fully saturated rings. The molecule has 0 aliphatic carbocycles. The lowest BCUT2D eigenvalue weighted by atomic mass is 9.90. The van der Waals surface area contributed by atoms with E-state index >= 15 is 0 Å². The number of nitrogens with zero attached hydrogens (tertiary/aromatic N) is 4. The smallest absolute Gasteiger partial charge is 0.319 e. The molecule has 8 heteroatoms. The molecule has 2 bridgehead atoms. The summed E-state index contributed by atoms with van der Waals surface area (Å²) in [6, 6.07) is 15.5. The van der Waals surface area contributed by atoms with Gasteiger partial charge in [0.2, 0.25) is 0 Å². The average Bonchev–Trinajstić information content (AvgIpc) is 3.61. The first-order chi connectivity index (χ1) is 20.9. The number of nitrogens with one attached hydrogen (secondary N) is 1. The Morgan fingerprint density at radius 1 is 1.09 bits per heavy atom. The Hall–Kier alpha value is -3.49. The van der Waals surface area contributed by atoms with Gasteiger partial charge in [-0.15, -0.1) is 0 Å². The van der Waals surface area contributed by atoms with Crippen LogP contribution in [0, 0.1) is 6.92 Å². The molecule has 4 saturated heterocycles. The Kier molecular flexibility index (Phi) is 6.49. The minimum Gasteiger partial charge on any atom is -0.508 e. The molecule has 8 rings (SSSR count). The summed E-state index contributed by atoms with van der Waals surface area (Å²) in [6.07, 6.45) is 4.92. The SMILES string of the molecule is CCc1cccc2cc(O)cc(-c3ccc4c(N5[C@@H]6CC[C@H]5CNC6)nc(OC[C@@]56CCCN5C[C@H](F)C6)nc4c3C)c12. The first-order valence-corrected chi connectivity index (χ1v) is 16.0. The molecule has 3 aromatic carbocycles. The monoisotopic (exact) mass is 581 g/mol. The summed E-state index contributed by atoms with van der Waals surface area (Å²) in [5.74, 6) is 1.19. The maximum atomic E-state index is 14.5. The Morgan fingerprint density at radius 2 is 1.93 bits per heavy atom. The third-order valence-corrected chi connectivity index (χ3v) is 10.7. The number of aromatic nitrogens is 2. The molecule has 224 valence electrons. The van der Waals surface area contributed by atoms with Crippen LogP contribution in [0.15, 0.2) is 42.5 Å². The first-order valence-electron chi connectivity index (χ1n) is 16.0. The number of aromatic hydroxyl groups is 1. The summed E-state index contributed by atoms with van der Waals surface area (Å²) < 4.78 is 21.0. The zero-order valence-electron chi connectivity index (χ0n) is 25.1. The predicted octanol–water partition coefficient (Wildman–Crippen LogP) is 5.92. The van der Waals surface area contributed by atoms with Crippen molar-refractivity contribution in [3.8, 4) is 22.9 Å². The zero-order chi connectivity index (χ0) is 29.3. The molecule has 4 aliphatic heterocycles. The maximum absolute atomic E-state index is 14.5. The van der Waals surface area contributed by atoms with Crippen LogP contribution >= 0.6 is 0 Å². The summed E-state index contributed by atoms with van der Waals surface area (Å²) in [6.45, 7) is 8.01. The number of aryl methyl sites for hydroxylation is 2. The molecule has 4 aliphatic rings. The normalized spacial score (nSPS) is 27.0. The molecule has 0 amide bonds. The number of hydrogen-bond donors (Lipinski definition) is 2. The summed E-state index contributed by atoms with van der Waals surface area (Å²) in [4.78, 5) is 15.0. The minimum absolute atomic E-state index is 0.253. The van der Waals surface area contributed by atoms with Gasteiger partial charge in [0.1, 0.15) is 24.3 Å². The number of phenolic OH excluding ortho intramolecular Hbond substituents is 1. The highest BCUT2D eigenvalue weighted by Crippen LogP contribution is 2.43. The lowest BCUT2D eigenvalue weighted by Gasteiger charge is -2.37. The number of anilines is 1. The van der Waals surface area contributed by atoms with Crippen LogP contribution in [0.3, 0.4) is 0 Å². The fourth-order valence-electron chi connectivity index (χ4n) is 8.62. The third-order valence-electron chi connectivity index (χ3n) is 10.7. The molecule has 0 unspecified atom stereocenters. The summed E-state index contributed by atoms with van der Waals surface area (Å²) >= 11 is 0. The number of halogens is 1. The topological polar surface area (TPSA) is 73.8 Å². The third kappa shape index (κ3) is 4.36. The maximum Gasteiger partial charge on any atom is 0.319 e. The Morgan fingerprint density at radius 3 is 2.74 bits per heavy atom. The van der Waals surface area contributed by atoms with Gasteiger partial charge in [-0.05, 0) is 96.8 Å². The highest BCUT2D eigenvalue weighted by Gasteiger charge is 2.49. The van der Waals surface area contributed by atoms with Crippen LogP contribution in [0.5, 0.6) is 11.8 Å². The van der Waals surface area contributed by atoms with E-state index in [-0.39, 0.29) is 11.3 Å². The van der Waals surface area contributed by atoms with E-state index in [0.29, 0.717) is 37.7 Å². The fourth-order valence-corrected chi connectivity index (χ4v) is 8.62. The van der Waals surface area contributed by atoms with Crippen molar-refractivity contribution in [1.29, 1.82) is 0 Å². The van der Waals surface area contributed by atoms with Crippen molar-refractivity contribution in [2.45, 2.75) is 76.2 Å². The average molecular weight is 582 g/mol. The number of rotatable bonds is 6. The number of fused-ring (bicyclic) bond motifs is 5. The van der Waals surface area contributed by atoms with Crippen LogP contribution in [0.25, 0.3) is 32.8 Å². The number of piperazine rings is 1. The second kappa shape index (κ2) is 10.3. The van der Waals surface area contributed by atoms with Gasteiger partial charge < -0.3 is 20.1 Å². The number of alkyl halides is 1. The molecular formula is C35H40FN5O2. The highest BCUT2D eigenvalue weighted by atomic mass is 19.1. The molecule has 0 radical (unpaired) electrons. The number of benzene rings is 3. The van der Waals surface area contributed by atoms with Gasteiger partial charge in [0.05, 0.1) is 11.1 Å². The van der Waals surface area contributed by atoms with E-state index in [4.69, 9.17) is 14.7 Å². The van der Waals surface area contributed by atoms with Crippen LogP contribution in [-0.4, -0.2) is 76.6 Å². The van der Waals surface area contributed by atoms with Gasteiger partial charge in [-0.3, -0.25) is 4.90 Å². The first kappa shape index (κ1) is 27.1. The van der Waals surface area contributed by atoms with Gasteiger partial charge in [0.15, 0.2) is 0 Å². The van der Waals surface area contributed by atoms with E-state index in [0.717, 1.165) is 90.5 Å². The zero-order valence-corrected chi connectivity index (χ0v) is 25.1. The molecule has 2 N–H and O–H groups in total. The summed E-state index contributed by atoms with van der Waals surface area (Å²) in [7, 11) is 0. The van der Waals surface area contributed by atoms with Gasteiger partial charge in [-0.2, -0.15) is 9.97 Å². The van der Waals surface area contributed by atoms with E-state index in [9.17, 15) is 9.50 Å². The molecule has 4 atom stereocenters. The van der Waals surface area contributed by atoms with Gasteiger partial charge in [-0.25, -0.2) is 4.39 Å². The van der Waals surface area contributed by atoms with E-state index < -0.39 is 6.17 Å². The standard InChI is InChI=1S/C35H40FN5O2/c1-3-22-6-4-7-23-14-27(42)15-30(31(22)23)28-10-11-29-32(21(28)2)38-34(39-33(29)41-25-8-9-26(41)18-37-17-25)43-20-35-12-5-13-40(35)19-24(36)16-35/h4,6-7,10-11,14-15,24-26,37,42H,3,5,8-9,12-13,16-20H2,1-2H3/t24-,25-,26+,35+/m1/s1. The van der Waals surface area contributed by atoms with E-state index in [1.165, 1.54) is 10.9 Å². The van der Waals surface area contributed by atoms with Crippen molar-refractivity contribution in [2.24, 2.45) is 0 Å². The molecule has 4 aromatic rings. The fraction of sp³-hybridized carbons (Fsp3) is 0.486. The van der Waals surface area contributed by atoms with Crippen LogP contribution in [0.4, 0.5) is 10.2 Å². The minimum atomic E-state index is -0.802. The largest absolute Gasteiger partial charge is 0.508 e. The van der Waals surface area contributed by atoms with Gasteiger partial charge in [0.25, 0.3) is 0 Å². The number of hydrogen-bond acceptors (Lipinski definition) is 7. The lowest BCUT2D eigenvalue weighted by Crippen LogP contribution is -2.52. The summed E-state index contributed by atoms with van der Waals surface area (Å²) in [5.41, 5.74) is 4.95. The summed E-state index contributed by atoms with van der Waals surface area (Å²) in [5, 5.41) is 17.6. The molecule has 0 saturated carbocycles. The van der Waals surface area contributed by atoms with Crippen LogP contribution in [0.2, 0.25) is 0 Å². The second-order valence-corrected chi connectivity index (χ2v) is 13.1. The van der Waals surface area contributed by atoms with Gasteiger partial charge in [0, 0.05) is 43.5 Å². The van der Waals surface area contributed by atoms with E-state index in [1.54, 1.807) is 0 Å². The van der Waals surface area contributed by atoms with E-state index in [2.05, 4.69) is 59.3 Å². The Balaban J connectivity index is 1.28. The molecular weight excluding hydrogens is 541 g/mol. The van der Waals surface area contributed by atoms with Crippen molar-refractivity contribution in [1.82, 2.24) is 20.2 Å². The molecule has 0 spiro atoms. The predicted molar refractivity (Wildman–Crippen MR) is 169 cm³/mol. The van der Waals surface area contributed by atoms with Crippen molar-refractivity contribution >= 4 is 27.5 Å². The second-order valence-electron chi connectivity index (χ2n) is 13.1. The van der Waals surface area contributed by atoms with Crippen molar-refractivity contribution in [3.63, 3.8) is 0 Å².